The lowest BCUT2D eigenvalue weighted by molar-refractivity contribution is -0.126. The fourth-order valence-electron chi connectivity index (χ4n) is 1.68. The zero-order valence-corrected chi connectivity index (χ0v) is 7.75. The van der Waals surface area contributed by atoms with Crippen LogP contribution in [0.2, 0.25) is 0 Å². The summed E-state index contributed by atoms with van der Waals surface area (Å²) in [5.74, 6) is 0.736. The predicted molar refractivity (Wildman–Crippen MR) is 49.8 cm³/mol. The topological polar surface area (TPSA) is 20.3 Å². The highest BCUT2D eigenvalue weighted by Gasteiger charge is 2.16. The van der Waals surface area contributed by atoms with E-state index in [4.69, 9.17) is 0 Å². The summed E-state index contributed by atoms with van der Waals surface area (Å²) >= 11 is 0. The van der Waals surface area contributed by atoms with Crippen molar-refractivity contribution in [3.05, 3.63) is 12.7 Å². The van der Waals surface area contributed by atoms with Crippen molar-refractivity contribution in [3.8, 4) is 0 Å². The van der Waals surface area contributed by atoms with Gasteiger partial charge in [0.1, 0.15) is 0 Å². The predicted octanol–water partition coefficient (Wildman–Crippen LogP) is 1.82. The van der Waals surface area contributed by atoms with Gasteiger partial charge in [-0.05, 0) is 24.8 Å². The molecule has 0 aromatic rings. The summed E-state index contributed by atoms with van der Waals surface area (Å²) < 4.78 is 0. The fourth-order valence-corrected chi connectivity index (χ4v) is 1.68. The summed E-state index contributed by atoms with van der Waals surface area (Å²) in [7, 11) is 0. The van der Waals surface area contributed by atoms with E-state index in [-0.39, 0.29) is 5.91 Å². The maximum Gasteiger partial charge on any atom is 0.245 e. The van der Waals surface area contributed by atoms with Crippen LogP contribution < -0.4 is 0 Å². The first-order chi connectivity index (χ1) is 5.74. The van der Waals surface area contributed by atoms with Crippen LogP contribution in [0.25, 0.3) is 0 Å². The van der Waals surface area contributed by atoms with Gasteiger partial charge in [-0.1, -0.05) is 19.9 Å². The first-order valence-corrected chi connectivity index (χ1v) is 4.65. The van der Waals surface area contributed by atoms with Crippen LogP contribution in [0.5, 0.6) is 0 Å². The molecule has 1 aliphatic heterocycles. The molecule has 0 aliphatic carbocycles. The second kappa shape index (κ2) is 4.29. The third-order valence-electron chi connectivity index (χ3n) is 2.39. The number of carbonyl (C=O) groups excluding carboxylic acids is 1. The van der Waals surface area contributed by atoms with Gasteiger partial charge in [0.2, 0.25) is 5.91 Å². The average molecular weight is 167 g/mol. The summed E-state index contributed by atoms with van der Waals surface area (Å²) in [5, 5.41) is 0. The van der Waals surface area contributed by atoms with Crippen LogP contribution in [-0.2, 0) is 4.79 Å². The molecule has 0 saturated carbocycles. The molecule has 1 aliphatic rings. The second-order valence-corrected chi connectivity index (χ2v) is 3.59. The Morgan fingerprint density at radius 3 is 3.00 bits per heavy atom. The van der Waals surface area contributed by atoms with Crippen molar-refractivity contribution in [2.75, 3.05) is 13.1 Å². The Hall–Kier alpha value is -0.790. The van der Waals surface area contributed by atoms with E-state index in [9.17, 15) is 4.79 Å². The molecule has 1 amide bonds. The Bertz CT molecular complexity index is 177. The van der Waals surface area contributed by atoms with E-state index < -0.39 is 0 Å². The molecule has 2 heteroatoms. The second-order valence-electron chi connectivity index (χ2n) is 3.59. The standard InChI is InChI=1S/C10H17NO/c1-3-10(12)11-7-5-4-6-9(2)8-11/h3,9H,1,4-8H2,2H3. The van der Waals surface area contributed by atoms with Crippen molar-refractivity contribution in [2.45, 2.75) is 26.2 Å². The van der Waals surface area contributed by atoms with E-state index in [2.05, 4.69) is 13.5 Å². The van der Waals surface area contributed by atoms with Crippen LogP contribution in [0.4, 0.5) is 0 Å². The van der Waals surface area contributed by atoms with Crippen LogP contribution in [-0.4, -0.2) is 23.9 Å². The molecule has 1 atom stereocenters. The molecule has 1 rings (SSSR count). The van der Waals surface area contributed by atoms with E-state index in [0.29, 0.717) is 5.92 Å². The molecular formula is C10H17NO. The van der Waals surface area contributed by atoms with E-state index in [1.165, 1.54) is 18.9 Å². The Kier molecular flexibility index (Phi) is 3.32. The van der Waals surface area contributed by atoms with E-state index in [1.54, 1.807) is 0 Å². The molecule has 0 bridgehead atoms. The molecule has 1 fully saturated rings. The van der Waals surface area contributed by atoms with Gasteiger partial charge in [0.25, 0.3) is 0 Å². The van der Waals surface area contributed by atoms with E-state index in [0.717, 1.165) is 19.5 Å². The number of nitrogens with zero attached hydrogens (tertiary/aromatic N) is 1. The zero-order chi connectivity index (χ0) is 8.97. The first kappa shape index (κ1) is 9.30. The van der Waals surface area contributed by atoms with Gasteiger partial charge in [-0.3, -0.25) is 4.79 Å². The molecule has 0 aromatic heterocycles. The minimum atomic E-state index is 0.0868. The minimum Gasteiger partial charge on any atom is -0.339 e. The normalized spacial score (nSPS) is 24.8. The molecule has 1 heterocycles. The minimum absolute atomic E-state index is 0.0868. The summed E-state index contributed by atoms with van der Waals surface area (Å²) in [5.41, 5.74) is 0. The molecule has 68 valence electrons. The summed E-state index contributed by atoms with van der Waals surface area (Å²) in [4.78, 5) is 13.2. The highest BCUT2D eigenvalue weighted by atomic mass is 16.2. The van der Waals surface area contributed by atoms with E-state index >= 15 is 0 Å². The number of hydrogen-bond donors (Lipinski definition) is 0. The molecule has 0 spiro atoms. The SMILES string of the molecule is C=CC(=O)N1CCCCC(C)C1. The lowest BCUT2D eigenvalue weighted by atomic mass is 10.1. The smallest absolute Gasteiger partial charge is 0.245 e. The molecular weight excluding hydrogens is 150 g/mol. The van der Waals surface area contributed by atoms with Crippen LogP contribution in [0, 0.1) is 5.92 Å². The number of hydrogen-bond acceptors (Lipinski definition) is 1. The summed E-state index contributed by atoms with van der Waals surface area (Å²) in [6, 6.07) is 0. The van der Waals surface area contributed by atoms with Gasteiger partial charge >= 0.3 is 0 Å². The van der Waals surface area contributed by atoms with Gasteiger partial charge in [0, 0.05) is 13.1 Å². The summed E-state index contributed by atoms with van der Waals surface area (Å²) in [6.07, 6.45) is 5.06. The van der Waals surface area contributed by atoms with Crippen LogP contribution in [0.1, 0.15) is 26.2 Å². The number of rotatable bonds is 1. The highest BCUT2D eigenvalue weighted by molar-refractivity contribution is 5.86. The third-order valence-corrected chi connectivity index (χ3v) is 2.39. The van der Waals surface area contributed by atoms with Gasteiger partial charge in [0.05, 0.1) is 0 Å². The molecule has 12 heavy (non-hydrogen) atoms. The molecule has 0 aromatic carbocycles. The van der Waals surface area contributed by atoms with Crippen molar-refractivity contribution in [2.24, 2.45) is 5.92 Å². The molecule has 0 N–H and O–H groups in total. The number of likely N-dealkylation sites (tertiary alicyclic amines) is 1. The fraction of sp³-hybridized carbons (Fsp3) is 0.700. The lowest BCUT2D eigenvalue weighted by Gasteiger charge is -2.20. The molecule has 0 radical (unpaired) electrons. The Morgan fingerprint density at radius 2 is 2.33 bits per heavy atom. The molecule has 2 nitrogen and oxygen atoms in total. The van der Waals surface area contributed by atoms with Gasteiger partial charge < -0.3 is 4.90 Å². The quantitative estimate of drug-likeness (QED) is 0.545. The zero-order valence-electron chi connectivity index (χ0n) is 7.75. The van der Waals surface area contributed by atoms with Crippen LogP contribution in [0.3, 0.4) is 0 Å². The summed E-state index contributed by atoms with van der Waals surface area (Å²) in [6.45, 7) is 7.52. The number of carbonyl (C=O) groups is 1. The highest BCUT2D eigenvalue weighted by Crippen LogP contribution is 2.15. The number of amides is 1. The first-order valence-electron chi connectivity index (χ1n) is 4.65. The Labute approximate surface area is 74.2 Å². The van der Waals surface area contributed by atoms with Gasteiger partial charge in [0.15, 0.2) is 0 Å². The van der Waals surface area contributed by atoms with Crippen molar-refractivity contribution < 1.29 is 4.79 Å². The van der Waals surface area contributed by atoms with Crippen molar-refractivity contribution in [1.82, 2.24) is 4.90 Å². The lowest BCUT2D eigenvalue weighted by Crippen LogP contribution is -2.32. The van der Waals surface area contributed by atoms with Crippen LogP contribution in [0.15, 0.2) is 12.7 Å². The molecule has 1 unspecified atom stereocenters. The van der Waals surface area contributed by atoms with Crippen molar-refractivity contribution in [3.63, 3.8) is 0 Å². The third kappa shape index (κ3) is 2.36. The molecule has 1 saturated heterocycles. The largest absolute Gasteiger partial charge is 0.339 e. The van der Waals surface area contributed by atoms with Gasteiger partial charge in [-0.2, -0.15) is 0 Å². The van der Waals surface area contributed by atoms with E-state index in [1.807, 2.05) is 4.90 Å². The Morgan fingerprint density at radius 1 is 1.58 bits per heavy atom. The van der Waals surface area contributed by atoms with Gasteiger partial charge in [-0.15, -0.1) is 0 Å². The van der Waals surface area contributed by atoms with Gasteiger partial charge in [-0.25, -0.2) is 0 Å². The maximum atomic E-state index is 11.3. The average Bonchev–Trinajstić information content (AvgIpc) is 2.28. The monoisotopic (exact) mass is 167 g/mol. The Balaban J connectivity index is 2.51. The van der Waals surface area contributed by atoms with Crippen LogP contribution >= 0.6 is 0 Å². The van der Waals surface area contributed by atoms with Crippen molar-refractivity contribution >= 4 is 5.91 Å². The maximum absolute atomic E-state index is 11.3. The van der Waals surface area contributed by atoms with Crippen molar-refractivity contribution in [1.29, 1.82) is 0 Å².